The Balaban J connectivity index is 1.82. The van der Waals surface area contributed by atoms with E-state index in [1.165, 1.54) is 0 Å². The summed E-state index contributed by atoms with van der Waals surface area (Å²) in [7, 11) is 0. The molecule has 1 saturated heterocycles. The van der Waals surface area contributed by atoms with Crippen molar-refractivity contribution in [3.8, 4) is 0 Å². The Kier molecular flexibility index (Phi) is 4.22. The van der Waals surface area contributed by atoms with Crippen LogP contribution in [0.15, 0.2) is 0 Å². The summed E-state index contributed by atoms with van der Waals surface area (Å²) in [5, 5.41) is 0. The summed E-state index contributed by atoms with van der Waals surface area (Å²) >= 11 is 0. The third-order valence-electron chi connectivity index (χ3n) is 4.16. The van der Waals surface area contributed by atoms with Crippen molar-refractivity contribution in [2.45, 2.75) is 38.6 Å². The molecule has 0 spiro atoms. The lowest BCUT2D eigenvalue weighted by Crippen LogP contribution is -2.52. The van der Waals surface area contributed by atoms with Crippen molar-refractivity contribution in [3.05, 3.63) is 0 Å². The second kappa shape index (κ2) is 5.69. The van der Waals surface area contributed by atoms with Crippen LogP contribution in [0.1, 0.15) is 32.6 Å². The van der Waals surface area contributed by atoms with E-state index in [9.17, 15) is 9.59 Å². The number of nitrogens with two attached hydrogens (primary N) is 1. The van der Waals surface area contributed by atoms with Gasteiger partial charge in [0.1, 0.15) is 0 Å². The van der Waals surface area contributed by atoms with E-state index in [0.29, 0.717) is 26.2 Å². The van der Waals surface area contributed by atoms with Gasteiger partial charge in [0, 0.05) is 45.1 Å². The van der Waals surface area contributed by atoms with Gasteiger partial charge in [0.2, 0.25) is 11.8 Å². The second-order valence-electron chi connectivity index (χ2n) is 5.44. The van der Waals surface area contributed by atoms with E-state index in [-0.39, 0.29) is 23.8 Å². The standard InChI is InChI=1S/C13H23N3O2/c1-10(17)15-6-8-16(9-7-15)13(18)11-2-4-12(14)5-3-11/h11-12H,2-9,14H2,1H3. The van der Waals surface area contributed by atoms with Crippen molar-refractivity contribution in [2.24, 2.45) is 11.7 Å². The predicted octanol–water partition coefficient (Wildman–Crippen LogP) is 0.195. The van der Waals surface area contributed by atoms with E-state index in [4.69, 9.17) is 5.73 Å². The number of nitrogens with zero attached hydrogens (tertiary/aromatic N) is 2. The van der Waals surface area contributed by atoms with Gasteiger partial charge in [-0.3, -0.25) is 9.59 Å². The molecule has 5 nitrogen and oxygen atoms in total. The minimum atomic E-state index is 0.103. The third-order valence-corrected chi connectivity index (χ3v) is 4.16. The molecular formula is C13H23N3O2. The Bertz CT molecular complexity index is 316. The minimum Gasteiger partial charge on any atom is -0.339 e. The van der Waals surface area contributed by atoms with Crippen LogP contribution in [0.4, 0.5) is 0 Å². The van der Waals surface area contributed by atoms with Crippen molar-refractivity contribution >= 4 is 11.8 Å². The van der Waals surface area contributed by atoms with E-state index >= 15 is 0 Å². The van der Waals surface area contributed by atoms with Crippen LogP contribution in [0.25, 0.3) is 0 Å². The van der Waals surface area contributed by atoms with Gasteiger partial charge in [0.25, 0.3) is 0 Å². The van der Waals surface area contributed by atoms with Crippen molar-refractivity contribution in [1.29, 1.82) is 0 Å². The van der Waals surface area contributed by atoms with Crippen LogP contribution >= 0.6 is 0 Å². The molecule has 1 aliphatic heterocycles. The first-order chi connectivity index (χ1) is 8.58. The van der Waals surface area contributed by atoms with Gasteiger partial charge in [0.15, 0.2) is 0 Å². The Hall–Kier alpha value is -1.10. The molecule has 2 fully saturated rings. The van der Waals surface area contributed by atoms with Crippen LogP contribution in [-0.2, 0) is 9.59 Å². The van der Waals surface area contributed by atoms with Gasteiger partial charge < -0.3 is 15.5 Å². The first kappa shape index (κ1) is 13.3. The maximum Gasteiger partial charge on any atom is 0.225 e. The van der Waals surface area contributed by atoms with Gasteiger partial charge in [-0.1, -0.05) is 0 Å². The zero-order valence-corrected chi connectivity index (χ0v) is 11.1. The average molecular weight is 253 g/mol. The molecule has 0 atom stereocenters. The molecule has 0 aromatic carbocycles. The smallest absolute Gasteiger partial charge is 0.225 e. The van der Waals surface area contributed by atoms with E-state index in [0.717, 1.165) is 25.7 Å². The lowest BCUT2D eigenvalue weighted by atomic mass is 9.85. The number of piperazine rings is 1. The van der Waals surface area contributed by atoms with Crippen molar-refractivity contribution < 1.29 is 9.59 Å². The quantitative estimate of drug-likeness (QED) is 0.725. The summed E-state index contributed by atoms with van der Waals surface area (Å²) in [6.07, 6.45) is 3.77. The van der Waals surface area contributed by atoms with E-state index in [1.807, 2.05) is 4.90 Å². The number of carbonyl (C=O) groups excluding carboxylic acids is 2. The highest BCUT2D eigenvalue weighted by Crippen LogP contribution is 2.25. The Morgan fingerprint density at radius 3 is 1.94 bits per heavy atom. The van der Waals surface area contributed by atoms with Gasteiger partial charge in [-0.05, 0) is 25.7 Å². The van der Waals surface area contributed by atoms with Gasteiger partial charge in [-0.15, -0.1) is 0 Å². The highest BCUT2D eigenvalue weighted by Gasteiger charge is 2.30. The third kappa shape index (κ3) is 3.02. The normalized spacial score (nSPS) is 29.2. The van der Waals surface area contributed by atoms with Crippen LogP contribution in [0, 0.1) is 5.92 Å². The molecule has 0 aromatic heterocycles. The number of hydrogen-bond acceptors (Lipinski definition) is 3. The summed E-state index contributed by atoms with van der Waals surface area (Å²) in [5.41, 5.74) is 5.86. The monoisotopic (exact) mass is 253 g/mol. The van der Waals surface area contributed by atoms with Gasteiger partial charge in [-0.25, -0.2) is 0 Å². The molecule has 2 amide bonds. The second-order valence-corrected chi connectivity index (χ2v) is 5.44. The molecular weight excluding hydrogens is 230 g/mol. The Morgan fingerprint density at radius 1 is 0.944 bits per heavy atom. The molecule has 0 unspecified atom stereocenters. The number of hydrogen-bond donors (Lipinski definition) is 1. The topological polar surface area (TPSA) is 66.6 Å². The average Bonchev–Trinajstić information content (AvgIpc) is 2.39. The number of carbonyl (C=O) groups is 2. The van der Waals surface area contributed by atoms with Crippen LogP contribution in [0.5, 0.6) is 0 Å². The van der Waals surface area contributed by atoms with E-state index in [1.54, 1.807) is 11.8 Å². The van der Waals surface area contributed by atoms with Crippen molar-refractivity contribution in [3.63, 3.8) is 0 Å². The zero-order chi connectivity index (χ0) is 13.1. The fraction of sp³-hybridized carbons (Fsp3) is 0.846. The molecule has 1 saturated carbocycles. The van der Waals surface area contributed by atoms with Gasteiger partial charge in [-0.2, -0.15) is 0 Å². The molecule has 18 heavy (non-hydrogen) atoms. The summed E-state index contributed by atoms with van der Waals surface area (Å²) < 4.78 is 0. The molecule has 0 aromatic rings. The van der Waals surface area contributed by atoms with E-state index < -0.39 is 0 Å². The predicted molar refractivity (Wildman–Crippen MR) is 68.8 cm³/mol. The fourth-order valence-corrected chi connectivity index (χ4v) is 2.87. The van der Waals surface area contributed by atoms with Crippen molar-refractivity contribution in [1.82, 2.24) is 9.80 Å². The fourth-order valence-electron chi connectivity index (χ4n) is 2.87. The number of amides is 2. The Labute approximate surface area is 108 Å². The molecule has 1 heterocycles. The number of rotatable bonds is 1. The zero-order valence-electron chi connectivity index (χ0n) is 11.1. The molecule has 0 radical (unpaired) electrons. The molecule has 2 aliphatic rings. The summed E-state index contributed by atoms with van der Waals surface area (Å²) in [6, 6.07) is 0.281. The minimum absolute atomic E-state index is 0.103. The summed E-state index contributed by atoms with van der Waals surface area (Å²) in [6.45, 7) is 4.29. The Morgan fingerprint density at radius 2 is 1.44 bits per heavy atom. The van der Waals surface area contributed by atoms with Crippen LogP contribution in [0.3, 0.4) is 0 Å². The van der Waals surface area contributed by atoms with Gasteiger partial charge in [0.05, 0.1) is 0 Å². The largest absolute Gasteiger partial charge is 0.339 e. The molecule has 0 bridgehead atoms. The summed E-state index contributed by atoms with van der Waals surface area (Å²) in [5.74, 6) is 0.532. The lowest BCUT2D eigenvalue weighted by Gasteiger charge is -2.37. The lowest BCUT2D eigenvalue weighted by molar-refractivity contribution is -0.142. The molecule has 102 valence electrons. The maximum absolute atomic E-state index is 12.3. The molecule has 2 rings (SSSR count). The molecule has 1 aliphatic carbocycles. The molecule has 5 heteroatoms. The maximum atomic E-state index is 12.3. The van der Waals surface area contributed by atoms with Crippen LogP contribution in [0.2, 0.25) is 0 Å². The van der Waals surface area contributed by atoms with Crippen LogP contribution < -0.4 is 5.73 Å². The first-order valence-corrected chi connectivity index (χ1v) is 6.88. The van der Waals surface area contributed by atoms with Crippen LogP contribution in [-0.4, -0.2) is 53.8 Å². The van der Waals surface area contributed by atoms with Gasteiger partial charge >= 0.3 is 0 Å². The van der Waals surface area contributed by atoms with E-state index in [2.05, 4.69) is 0 Å². The summed E-state index contributed by atoms with van der Waals surface area (Å²) in [4.78, 5) is 27.3. The highest BCUT2D eigenvalue weighted by molar-refractivity contribution is 5.79. The molecule has 2 N–H and O–H groups in total. The SMILES string of the molecule is CC(=O)N1CCN(C(=O)C2CCC(N)CC2)CC1. The highest BCUT2D eigenvalue weighted by atomic mass is 16.2. The van der Waals surface area contributed by atoms with Crippen molar-refractivity contribution in [2.75, 3.05) is 26.2 Å². The first-order valence-electron chi connectivity index (χ1n) is 6.88.